The van der Waals surface area contributed by atoms with Crippen molar-refractivity contribution in [1.29, 1.82) is 0 Å². The molecule has 0 aliphatic carbocycles. The van der Waals surface area contributed by atoms with Crippen molar-refractivity contribution in [2.24, 2.45) is 0 Å². The highest BCUT2D eigenvalue weighted by Crippen LogP contribution is 2.24. The molecule has 0 saturated carbocycles. The molecule has 0 N–H and O–H groups in total. The number of hydrogen-bond donors (Lipinski definition) is 0. The van der Waals surface area contributed by atoms with Crippen molar-refractivity contribution < 1.29 is 14.3 Å². The molecule has 0 bridgehead atoms. The monoisotopic (exact) mass is 258 g/mol. The fourth-order valence-electron chi connectivity index (χ4n) is 0.945. The Morgan fingerprint density at radius 3 is 2.64 bits per heavy atom. The fraction of sp³-hybridized carbons (Fsp3) is 0.300. The molecule has 0 amide bonds. The number of benzene rings is 1. The Labute approximate surface area is 91.1 Å². The molecule has 1 aromatic rings. The van der Waals surface area contributed by atoms with Crippen LogP contribution >= 0.6 is 15.9 Å². The van der Waals surface area contributed by atoms with Gasteiger partial charge in [-0.15, -0.1) is 0 Å². The summed E-state index contributed by atoms with van der Waals surface area (Å²) in [6.45, 7) is 1.64. The van der Waals surface area contributed by atoms with Crippen LogP contribution < -0.4 is 4.74 Å². The number of carbonyl (C=O) groups excluding carboxylic acids is 1. The van der Waals surface area contributed by atoms with Crippen LogP contribution in [0.2, 0.25) is 0 Å². The second kappa shape index (κ2) is 5.00. The highest BCUT2D eigenvalue weighted by molar-refractivity contribution is 9.10. The lowest BCUT2D eigenvalue weighted by Crippen LogP contribution is -2.24. The summed E-state index contributed by atoms with van der Waals surface area (Å²) in [5.41, 5.74) is 0. The molecular weight excluding hydrogens is 248 g/mol. The molecule has 0 heterocycles. The van der Waals surface area contributed by atoms with Gasteiger partial charge in [0.2, 0.25) is 0 Å². The van der Waals surface area contributed by atoms with Crippen LogP contribution in [0.1, 0.15) is 6.92 Å². The van der Waals surface area contributed by atoms with Gasteiger partial charge in [0, 0.05) is 0 Å². The summed E-state index contributed by atoms with van der Waals surface area (Å²) in [4.78, 5) is 11.1. The molecule has 1 aromatic carbocycles. The van der Waals surface area contributed by atoms with Crippen LogP contribution in [0, 0.1) is 0 Å². The summed E-state index contributed by atoms with van der Waals surface area (Å²) < 4.78 is 10.7. The van der Waals surface area contributed by atoms with Gasteiger partial charge in [-0.3, -0.25) is 0 Å². The van der Waals surface area contributed by atoms with Gasteiger partial charge in [-0.05, 0) is 35.0 Å². The second-order valence-corrected chi connectivity index (χ2v) is 3.57. The zero-order chi connectivity index (χ0) is 10.6. The van der Waals surface area contributed by atoms with Gasteiger partial charge in [0.05, 0.1) is 11.6 Å². The van der Waals surface area contributed by atoms with E-state index >= 15 is 0 Å². The molecule has 0 aliphatic rings. The van der Waals surface area contributed by atoms with Crippen molar-refractivity contribution in [3.05, 3.63) is 28.7 Å². The molecule has 0 aromatic heterocycles. The van der Waals surface area contributed by atoms with Gasteiger partial charge in [-0.25, -0.2) is 4.79 Å². The van der Waals surface area contributed by atoms with E-state index < -0.39 is 6.10 Å². The quantitative estimate of drug-likeness (QED) is 0.782. The van der Waals surface area contributed by atoms with E-state index in [4.69, 9.17) is 4.74 Å². The molecule has 0 spiro atoms. The smallest absolute Gasteiger partial charge is 0.346 e. The SMILES string of the molecule is COC(=O)[C@@H](C)Oc1ccccc1Br. The predicted molar refractivity (Wildman–Crippen MR) is 56.2 cm³/mol. The minimum Gasteiger partial charge on any atom is -0.478 e. The van der Waals surface area contributed by atoms with Crippen LogP contribution in [0.4, 0.5) is 0 Å². The number of hydrogen-bond acceptors (Lipinski definition) is 3. The maximum Gasteiger partial charge on any atom is 0.346 e. The number of methoxy groups -OCH3 is 1. The molecule has 0 aliphatic heterocycles. The molecule has 1 atom stereocenters. The van der Waals surface area contributed by atoms with E-state index in [9.17, 15) is 4.79 Å². The largest absolute Gasteiger partial charge is 0.478 e. The molecule has 1 rings (SSSR count). The third-order valence-electron chi connectivity index (χ3n) is 1.67. The Bertz CT molecular complexity index is 325. The van der Waals surface area contributed by atoms with Crippen molar-refractivity contribution in [3.8, 4) is 5.75 Å². The number of halogens is 1. The van der Waals surface area contributed by atoms with Crippen molar-refractivity contribution in [2.45, 2.75) is 13.0 Å². The number of para-hydroxylation sites is 1. The molecule has 0 radical (unpaired) electrons. The Hall–Kier alpha value is -1.03. The third-order valence-corrected chi connectivity index (χ3v) is 2.33. The third kappa shape index (κ3) is 2.73. The Morgan fingerprint density at radius 2 is 2.07 bits per heavy atom. The van der Waals surface area contributed by atoms with E-state index in [2.05, 4.69) is 20.7 Å². The van der Waals surface area contributed by atoms with Gasteiger partial charge in [0.25, 0.3) is 0 Å². The highest BCUT2D eigenvalue weighted by Gasteiger charge is 2.15. The summed E-state index contributed by atoms with van der Waals surface area (Å²) in [5.74, 6) is 0.242. The van der Waals surface area contributed by atoms with E-state index in [1.54, 1.807) is 13.0 Å². The van der Waals surface area contributed by atoms with Crippen LogP contribution in [0.3, 0.4) is 0 Å². The first-order valence-corrected chi connectivity index (χ1v) is 4.93. The summed E-state index contributed by atoms with van der Waals surface area (Å²) in [6.07, 6.45) is -0.598. The number of ether oxygens (including phenoxy) is 2. The molecule has 0 fully saturated rings. The molecule has 4 heteroatoms. The maximum absolute atomic E-state index is 11.1. The molecule has 3 nitrogen and oxygen atoms in total. The van der Waals surface area contributed by atoms with Gasteiger partial charge in [-0.1, -0.05) is 12.1 Å². The Balaban J connectivity index is 2.69. The van der Waals surface area contributed by atoms with Crippen molar-refractivity contribution in [1.82, 2.24) is 0 Å². The molecule has 0 saturated heterocycles. The van der Waals surface area contributed by atoms with Crippen LogP contribution in [0.15, 0.2) is 28.7 Å². The van der Waals surface area contributed by atoms with Crippen molar-refractivity contribution in [3.63, 3.8) is 0 Å². The Morgan fingerprint density at radius 1 is 1.43 bits per heavy atom. The zero-order valence-electron chi connectivity index (χ0n) is 7.99. The van der Waals surface area contributed by atoms with E-state index in [0.717, 1.165) is 4.47 Å². The fourth-order valence-corrected chi connectivity index (χ4v) is 1.32. The van der Waals surface area contributed by atoms with E-state index in [1.807, 2.05) is 18.2 Å². The lowest BCUT2D eigenvalue weighted by molar-refractivity contribution is -0.147. The van der Waals surface area contributed by atoms with E-state index in [-0.39, 0.29) is 5.97 Å². The van der Waals surface area contributed by atoms with Gasteiger partial charge >= 0.3 is 5.97 Å². The number of rotatable bonds is 3. The van der Waals surface area contributed by atoms with Gasteiger partial charge < -0.3 is 9.47 Å². The van der Waals surface area contributed by atoms with Crippen LogP contribution in [-0.2, 0) is 9.53 Å². The Kier molecular flexibility index (Phi) is 3.95. The van der Waals surface area contributed by atoms with Gasteiger partial charge in [0.1, 0.15) is 5.75 Å². The predicted octanol–water partition coefficient (Wildman–Crippen LogP) is 2.39. The van der Waals surface area contributed by atoms with Crippen molar-refractivity contribution >= 4 is 21.9 Å². The van der Waals surface area contributed by atoms with Gasteiger partial charge in [-0.2, -0.15) is 0 Å². The zero-order valence-corrected chi connectivity index (χ0v) is 9.58. The lowest BCUT2D eigenvalue weighted by atomic mass is 10.3. The van der Waals surface area contributed by atoms with E-state index in [1.165, 1.54) is 7.11 Å². The molecule has 14 heavy (non-hydrogen) atoms. The topological polar surface area (TPSA) is 35.5 Å². The summed E-state index contributed by atoms with van der Waals surface area (Å²) >= 11 is 3.32. The summed E-state index contributed by atoms with van der Waals surface area (Å²) in [5, 5.41) is 0. The molecule has 76 valence electrons. The van der Waals surface area contributed by atoms with Crippen LogP contribution in [-0.4, -0.2) is 19.2 Å². The average molecular weight is 259 g/mol. The first kappa shape index (κ1) is 11.0. The van der Waals surface area contributed by atoms with Crippen LogP contribution in [0.5, 0.6) is 5.75 Å². The summed E-state index contributed by atoms with van der Waals surface area (Å²) in [7, 11) is 1.34. The molecule has 0 unspecified atom stereocenters. The number of esters is 1. The first-order chi connectivity index (χ1) is 6.65. The summed E-state index contributed by atoms with van der Waals surface area (Å²) in [6, 6.07) is 7.34. The highest BCUT2D eigenvalue weighted by atomic mass is 79.9. The number of carbonyl (C=O) groups is 1. The maximum atomic E-state index is 11.1. The first-order valence-electron chi connectivity index (χ1n) is 4.14. The lowest BCUT2D eigenvalue weighted by Gasteiger charge is -2.13. The second-order valence-electron chi connectivity index (χ2n) is 2.71. The van der Waals surface area contributed by atoms with Gasteiger partial charge in [0.15, 0.2) is 6.10 Å². The normalized spacial score (nSPS) is 11.9. The average Bonchev–Trinajstić information content (AvgIpc) is 2.20. The standard InChI is InChI=1S/C10H11BrO3/c1-7(10(12)13-2)14-9-6-4-3-5-8(9)11/h3-7H,1-2H3/t7-/m1/s1. The minimum absolute atomic E-state index is 0.388. The molecular formula is C10H11BrO3. The minimum atomic E-state index is -0.598. The van der Waals surface area contributed by atoms with Crippen molar-refractivity contribution in [2.75, 3.05) is 7.11 Å². The van der Waals surface area contributed by atoms with E-state index in [0.29, 0.717) is 5.75 Å². The van der Waals surface area contributed by atoms with Crippen LogP contribution in [0.25, 0.3) is 0 Å².